The number of aliphatic imine (C=N–C) groups is 1. The Labute approximate surface area is 153 Å². The number of carbonyl (C=O) groups excluding carboxylic acids is 2. The van der Waals surface area contributed by atoms with Crippen LogP contribution in [0, 0.1) is 10.1 Å². The number of nitro benzene ring substituents is 1. The number of amidine groups is 1. The summed E-state index contributed by atoms with van der Waals surface area (Å²) in [5.74, 6) is -0.535. The number of nitrogens with zero attached hydrogens (tertiary/aromatic N) is 2. The second-order valence-corrected chi connectivity index (χ2v) is 6.36. The molecule has 11 heteroatoms. The van der Waals surface area contributed by atoms with Crippen molar-refractivity contribution in [3.63, 3.8) is 0 Å². The summed E-state index contributed by atoms with van der Waals surface area (Å²) in [5, 5.41) is 16.0. The molecule has 1 fully saturated rings. The van der Waals surface area contributed by atoms with Crippen LogP contribution in [-0.2, 0) is 14.3 Å². The maximum Gasteiger partial charge on any atom is 0.296 e. The van der Waals surface area contributed by atoms with Gasteiger partial charge in [-0.05, 0) is 12.1 Å². The van der Waals surface area contributed by atoms with Gasteiger partial charge in [-0.1, -0.05) is 11.8 Å². The Morgan fingerprint density at radius 3 is 2.88 bits per heavy atom. The summed E-state index contributed by atoms with van der Waals surface area (Å²) in [5.41, 5.74) is -0.249. The lowest BCUT2D eigenvalue weighted by molar-refractivity contribution is -0.384. The molecule has 26 heavy (non-hydrogen) atoms. The van der Waals surface area contributed by atoms with Gasteiger partial charge in [-0.2, -0.15) is 0 Å². The van der Waals surface area contributed by atoms with E-state index in [0.717, 1.165) is 11.8 Å². The highest BCUT2D eigenvalue weighted by molar-refractivity contribution is 8.15. The smallest absolute Gasteiger partial charge is 0.296 e. The van der Waals surface area contributed by atoms with E-state index in [2.05, 4.69) is 15.6 Å². The number of rotatable bonds is 8. The van der Waals surface area contributed by atoms with Crippen molar-refractivity contribution in [2.24, 2.45) is 4.99 Å². The molecule has 2 rings (SSSR count). The molecule has 1 saturated heterocycles. The molecule has 0 aliphatic carbocycles. The molecule has 1 atom stereocenters. The highest BCUT2D eigenvalue weighted by Crippen LogP contribution is 2.30. The summed E-state index contributed by atoms with van der Waals surface area (Å²) in [6.45, 7) is 0.822. The summed E-state index contributed by atoms with van der Waals surface area (Å²) in [7, 11) is 2.94. The van der Waals surface area contributed by atoms with Gasteiger partial charge in [-0.25, -0.2) is 0 Å². The number of anilines is 1. The Hall–Kier alpha value is -2.66. The second-order valence-electron chi connectivity index (χ2n) is 5.17. The van der Waals surface area contributed by atoms with Crippen molar-refractivity contribution in [1.82, 2.24) is 5.32 Å². The molecule has 0 saturated carbocycles. The van der Waals surface area contributed by atoms with Gasteiger partial charge in [-0.15, -0.1) is 0 Å². The maximum absolute atomic E-state index is 12.2. The zero-order chi connectivity index (χ0) is 19.1. The van der Waals surface area contributed by atoms with Crippen LogP contribution < -0.4 is 15.4 Å². The standard InChI is InChI=1S/C15H18N4O6S/c1-24-6-5-16-15-18-14(21)12(26-15)8-13(20)17-10-4-3-9(25-2)7-11(10)19(22)23/h3-4,7,12H,5-6,8H2,1-2H3,(H,17,20)(H,16,18,21)/t12-/m1/s1. The molecule has 1 aromatic carbocycles. The summed E-state index contributed by atoms with van der Waals surface area (Å²) in [4.78, 5) is 38.8. The van der Waals surface area contributed by atoms with Gasteiger partial charge in [-0.3, -0.25) is 24.7 Å². The van der Waals surface area contributed by atoms with Crippen LogP contribution in [0.2, 0.25) is 0 Å². The lowest BCUT2D eigenvalue weighted by atomic mass is 10.2. The topological polar surface area (TPSA) is 132 Å². The van der Waals surface area contributed by atoms with Crippen molar-refractivity contribution < 1.29 is 24.0 Å². The van der Waals surface area contributed by atoms with Crippen molar-refractivity contribution in [2.45, 2.75) is 11.7 Å². The Morgan fingerprint density at radius 1 is 1.46 bits per heavy atom. The zero-order valence-corrected chi connectivity index (χ0v) is 15.0. The molecule has 0 spiro atoms. The normalized spacial score (nSPS) is 17.8. The third kappa shape index (κ3) is 5.17. The lowest BCUT2D eigenvalue weighted by Gasteiger charge is -2.09. The van der Waals surface area contributed by atoms with Crippen molar-refractivity contribution in [2.75, 3.05) is 32.7 Å². The van der Waals surface area contributed by atoms with Gasteiger partial charge in [0.2, 0.25) is 11.8 Å². The van der Waals surface area contributed by atoms with E-state index in [1.54, 1.807) is 7.11 Å². The molecule has 10 nitrogen and oxygen atoms in total. The van der Waals surface area contributed by atoms with Gasteiger partial charge in [0.25, 0.3) is 5.69 Å². The van der Waals surface area contributed by atoms with Crippen molar-refractivity contribution in [3.05, 3.63) is 28.3 Å². The number of nitro groups is 1. The first-order valence-corrected chi connectivity index (χ1v) is 8.45. The summed E-state index contributed by atoms with van der Waals surface area (Å²) >= 11 is 1.14. The van der Waals surface area contributed by atoms with Gasteiger partial charge >= 0.3 is 0 Å². The number of carbonyl (C=O) groups is 2. The first-order chi connectivity index (χ1) is 12.4. The molecule has 0 unspecified atom stereocenters. The molecule has 0 bridgehead atoms. The number of thioether (sulfide) groups is 1. The molecule has 1 aliphatic heterocycles. The number of amides is 2. The van der Waals surface area contributed by atoms with E-state index in [9.17, 15) is 19.7 Å². The zero-order valence-electron chi connectivity index (χ0n) is 14.2. The Balaban J connectivity index is 2.00. The number of benzene rings is 1. The van der Waals surface area contributed by atoms with Crippen LogP contribution in [0.1, 0.15) is 6.42 Å². The number of nitrogens with one attached hydrogen (secondary N) is 2. The highest BCUT2D eigenvalue weighted by atomic mass is 32.2. The molecule has 1 heterocycles. The minimum absolute atomic E-state index is 0.0400. The van der Waals surface area contributed by atoms with E-state index in [4.69, 9.17) is 9.47 Å². The van der Waals surface area contributed by atoms with Crippen molar-refractivity contribution in [3.8, 4) is 5.75 Å². The van der Waals surface area contributed by atoms with Crippen molar-refractivity contribution >= 4 is 40.1 Å². The largest absolute Gasteiger partial charge is 0.496 e. The average Bonchev–Trinajstić information content (AvgIpc) is 2.94. The van der Waals surface area contributed by atoms with E-state index in [0.29, 0.717) is 24.1 Å². The van der Waals surface area contributed by atoms with Gasteiger partial charge in [0, 0.05) is 13.5 Å². The van der Waals surface area contributed by atoms with Gasteiger partial charge in [0.05, 0.1) is 31.3 Å². The van der Waals surface area contributed by atoms with E-state index in [1.807, 2.05) is 0 Å². The molecule has 2 amide bonds. The summed E-state index contributed by atoms with van der Waals surface area (Å²) in [6.07, 6.45) is -0.136. The Bertz CT molecular complexity index is 739. The molecule has 1 aliphatic rings. The molecule has 140 valence electrons. The fourth-order valence-electron chi connectivity index (χ4n) is 2.12. The van der Waals surface area contributed by atoms with Crippen LogP contribution in [0.3, 0.4) is 0 Å². The van der Waals surface area contributed by atoms with Gasteiger partial charge < -0.3 is 20.1 Å². The first kappa shape index (κ1) is 19.7. The van der Waals surface area contributed by atoms with Crippen molar-refractivity contribution in [1.29, 1.82) is 0 Å². The van der Waals surface area contributed by atoms with Crippen LogP contribution in [0.4, 0.5) is 11.4 Å². The van der Waals surface area contributed by atoms with E-state index in [-0.39, 0.29) is 23.7 Å². The summed E-state index contributed by atoms with van der Waals surface area (Å²) < 4.78 is 9.82. The Morgan fingerprint density at radius 2 is 2.23 bits per heavy atom. The van der Waals surface area contributed by atoms with Crippen LogP contribution >= 0.6 is 11.8 Å². The van der Waals surface area contributed by atoms with Gasteiger partial charge in [0.15, 0.2) is 5.17 Å². The Kier molecular flexibility index (Phi) is 6.92. The number of hydrogen-bond acceptors (Lipinski definition) is 8. The molecular weight excluding hydrogens is 364 g/mol. The molecular formula is C15H18N4O6S. The molecule has 0 radical (unpaired) electrons. The number of hydrogen-bond donors (Lipinski definition) is 2. The van der Waals surface area contributed by atoms with Crippen LogP contribution in [-0.4, -0.2) is 54.5 Å². The summed E-state index contributed by atoms with van der Waals surface area (Å²) in [6, 6.07) is 4.10. The van der Waals surface area contributed by atoms with E-state index >= 15 is 0 Å². The third-order valence-corrected chi connectivity index (χ3v) is 4.49. The number of ether oxygens (including phenoxy) is 2. The van der Waals surface area contributed by atoms with Crippen LogP contribution in [0.25, 0.3) is 0 Å². The van der Waals surface area contributed by atoms with Gasteiger partial charge in [0.1, 0.15) is 16.7 Å². The SMILES string of the molecule is COCCN=C1NC(=O)[C@@H](CC(=O)Nc2ccc(OC)cc2[N+](=O)[O-])S1. The van der Waals surface area contributed by atoms with Crippen LogP contribution in [0.15, 0.2) is 23.2 Å². The highest BCUT2D eigenvalue weighted by Gasteiger charge is 2.32. The quantitative estimate of drug-likeness (QED) is 0.392. The fraction of sp³-hybridized carbons (Fsp3) is 0.400. The molecule has 2 N–H and O–H groups in total. The van der Waals surface area contributed by atoms with E-state index < -0.39 is 16.1 Å². The minimum atomic E-state index is -0.645. The maximum atomic E-state index is 12.2. The van der Waals surface area contributed by atoms with Crippen LogP contribution in [0.5, 0.6) is 5.75 Å². The average molecular weight is 382 g/mol. The second kappa shape index (κ2) is 9.15. The fourth-order valence-corrected chi connectivity index (χ4v) is 3.11. The monoisotopic (exact) mass is 382 g/mol. The minimum Gasteiger partial charge on any atom is -0.496 e. The van der Waals surface area contributed by atoms with E-state index in [1.165, 1.54) is 25.3 Å². The number of methoxy groups -OCH3 is 2. The molecule has 1 aromatic rings. The third-order valence-electron chi connectivity index (χ3n) is 3.37. The lowest BCUT2D eigenvalue weighted by Crippen LogP contribution is -2.28. The first-order valence-electron chi connectivity index (χ1n) is 7.57. The predicted octanol–water partition coefficient (Wildman–Crippen LogP) is 1.17. The molecule has 0 aromatic heterocycles. The predicted molar refractivity (Wildman–Crippen MR) is 96.6 cm³/mol.